The van der Waals surface area contributed by atoms with Gasteiger partial charge in [-0.15, -0.1) is 0 Å². The van der Waals surface area contributed by atoms with Crippen molar-refractivity contribution in [3.8, 4) is 22.8 Å². The number of Topliss-reactive ketones (excluding diaryl/α,β-unsaturated/α-hetero) is 1. The number of nitrogens with one attached hydrogen (secondary N) is 2. The van der Waals surface area contributed by atoms with Gasteiger partial charge in [-0.05, 0) is 36.9 Å². The number of fused-ring (bicyclic) bond motifs is 2. The van der Waals surface area contributed by atoms with E-state index in [1.165, 1.54) is 6.07 Å². The number of piperidine rings is 1. The van der Waals surface area contributed by atoms with E-state index in [-0.39, 0.29) is 11.7 Å². The van der Waals surface area contributed by atoms with E-state index >= 15 is 0 Å². The van der Waals surface area contributed by atoms with Gasteiger partial charge in [0.2, 0.25) is 5.88 Å². The van der Waals surface area contributed by atoms with Gasteiger partial charge in [0, 0.05) is 36.1 Å². The predicted octanol–water partition coefficient (Wildman–Crippen LogP) is 3.92. The average Bonchev–Trinajstić information content (AvgIpc) is 3.11. The Morgan fingerprint density at radius 2 is 1.97 bits per heavy atom. The average molecular weight is 399 g/mol. The number of carbonyl (C=O) groups is 1. The fourth-order valence-corrected chi connectivity index (χ4v) is 4.21. The number of aromatic amines is 1. The van der Waals surface area contributed by atoms with E-state index in [1.807, 2.05) is 12.1 Å². The molecule has 0 saturated carbocycles. The Labute approximate surface area is 165 Å². The van der Waals surface area contributed by atoms with E-state index in [0.29, 0.717) is 23.4 Å². The summed E-state index contributed by atoms with van der Waals surface area (Å²) in [5.74, 6) is 0.558. The lowest BCUT2D eigenvalue weighted by Crippen LogP contribution is -2.49. The summed E-state index contributed by atoms with van der Waals surface area (Å²) in [6.07, 6.45) is 3.76. The Hall–Kier alpha value is -3.00. The van der Waals surface area contributed by atoms with Crippen LogP contribution in [0.2, 0.25) is 0 Å². The Morgan fingerprint density at radius 1 is 1.14 bits per heavy atom. The summed E-state index contributed by atoms with van der Waals surface area (Å²) in [7, 11) is 0. The summed E-state index contributed by atoms with van der Waals surface area (Å²) < 4.78 is 35.5. The minimum absolute atomic E-state index is 0.106. The number of nitrogens with zero attached hydrogens (tertiary/aromatic N) is 1. The molecule has 1 spiro atoms. The van der Waals surface area contributed by atoms with Crippen molar-refractivity contribution in [3.05, 3.63) is 42.1 Å². The van der Waals surface area contributed by atoms with Crippen LogP contribution in [0.3, 0.4) is 0 Å². The van der Waals surface area contributed by atoms with Crippen LogP contribution in [0.15, 0.2) is 36.5 Å². The molecule has 0 unspecified atom stereocenters. The fourth-order valence-electron chi connectivity index (χ4n) is 4.21. The van der Waals surface area contributed by atoms with Crippen molar-refractivity contribution in [2.75, 3.05) is 13.1 Å². The number of carbonyl (C=O) groups excluding carboxylic acids is 1. The van der Waals surface area contributed by atoms with E-state index in [4.69, 9.17) is 4.74 Å². The van der Waals surface area contributed by atoms with Gasteiger partial charge >= 0.3 is 6.61 Å². The summed E-state index contributed by atoms with van der Waals surface area (Å²) in [6, 6.07) is 8.64. The van der Waals surface area contributed by atoms with E-state index in [0.717, 1.165) is 42.4 Å². The maximum atomic E-state index is 12.7. The number of benzene rings is 1. The van der Waals surface area contributed by atoms with Crippen molar-refractivity contribution in [2.24, 2.45) is 0 Å². The molecule has 2 N–H and O–H groups in total. The summed E-state index contributed by atoms with van der Waals surface area (Å²) in [6.45, 7) is -1.26. The minimum atomic E-state index is -2.92. The van der Waals surface area contributed by atoms with Crippen molar-refractivity contribution < 1.29 is 23.0 Å². The van der Waals surface area contributed by atoms with Gasteiger partial charge < -0.3 is 19.8 Å². The van der Waals surface area contributed by atoms with Crippen LogP contribution in [-0.2, 0) is 0 Å². The third-order valence-corrected chi connectivity index (χ3v) is 5.64. The number of pyridine rings is 1. The molecule has 0 amide bonds. The van der Waals surface area contributed by atoms with E-state index in [1.54, 1.807) is 18.3 Å². The van der Waals surface area contributed by atoms with Crippen LogP contribution >= 0.6 is 0 Å². The second kappa shape index (κ2) is 6.81. The molecule has 1 saturated heterocycles. The van der Waals surface area contributed by atoms with Gasteiger partial charge in [-0.2, -0.15) is 13.8 Å². The van der Waals surface area contributed by atoms with Crippen molar-refractivity contribution in [1.29, 1.82) is 0 Å². The number of rotatable bonds is 3. The van der Waals surface area contributed by atoms with Crippen molar-refractivity contribution in [3.63, 3.8) is 0 Å². The van der Waals surface area contributed by atoms with Crippen molar-refractivity contribution >= 4 is 16.8 Å². The molecule has 6 nitrogen and oxygen atoms in total. The molecule has 150 valence electrons. The molecule has 8 heteroatoms. The molecule has 0 atom stereocenters. The first-order chi connectivity index (χ1) is 14.0. The van der Waals surface area contributed by atoms with E-state index in [2.05, 4.69) is 20.0 Å². The zero-order chi connectivity index (χ0) is 20.0. The van der Waals surface area contributed by atoms with Crippen LogP contribution in [0.1, 0.15) is 29.6 Å². The molecule has 29 heavy (non-hydrogen) atoms. The molecule has 5 rings (SSSR count). The van der Waals surface area contributed by atoms with Gasteiger partial charge in [0.05, 0.1) is 12.0 Å². The number of alkyl halides is 2. The molecule has 2 aliphatic rings. The maximum Gasteiger partial charge on any atom is 0.388 e. The lowest BCUT2D eigenvalue weighted by atomic mass is 9.82. The van der Waals surface area contributed by atoms with Crippen LogP contribution in [0, 0.1) is 0 Å². The Bertz CT molecular complexity index is 1090. The predicted molar refractivity (Wildman–Crippen MR) is 103 cm³/mol. The van der Waals surface area contributed by atoms with Gasteiger partial charge in [0.25, 0.3) is 0 Å². The largest absolute Gasteiger partial charge is 0.486 e. The molecule has 0 bridgehead atoms. The first-order valence-corrected chi connectivity index (χ1v) is 9.53. The number of hydrogen-bond acceptors (Lipinski definition) is 5. The van der Waals surface area contributed by atoms with Crippen molar-refractivity contribution in [1.82, 2.24) is 15.3 Å². The van der Waals surface area contributed by atoms with Gasteiger partial charge in [0.1, 0.15) is 17.0 Å². The lowest BCUT2D eigenvalue weighted by Gasteiger charge is -2.41. The third kappa shape index (κ3) is 3.23. The maximum absolute atomic E-state index is 12.7. The van der Waals surface area contributed by atoms with E-state index < -0.39 is 12.2 Å². The second-order valence-corrected chi connectivity index (χ2v) is 7.47. The highest BCUT2D eigenvalue weighted by Crippen LogP contribution is 2.41. The Balaban J connectivity index is 1.51. The number of H-pyrrole nitrogens is 1. The molecule has 2 aliphatic heterocycles. The zero-order valence-electron chi connectivity index (χ0n) is 15.5. The van der Waals surface area contributed by atoms with Gasteiger partial charge in [-0.25, -0.2) is 0 Å². The van der Waals surface area contributed by atoms with Crippen LogP contribution in [0.25, 0.3) is 22.2 Å². The van der Waals surface area contributed by atoms with Crippen LogP contribution < -0.4 is 14.8 Å². The molecule has 1 fully saturated rings. The summed E-state index contributed by atoms with van der Waals surface area (Å²) in [5, 5.41) is 4.07. The third-order valence-electron chi connectivity index (χ3n) is 5.64. The van der Waals surface area contributed by atoms with Crippen LogP contribution in [0.5, 0.6) is 11.6 Å². The Kier molecular flexibility index (Phi) is 4.24. The molecule has 0 radical (unpaired) electrons. The SMILES string of the molecule is O=C1CC2(CCNCC2)Oc2cc(-c3c[nH]c4nc(OC(F)F)ccc34)ccc21. The number of aromatic nitrogens is 2. The molecule has 2 aromatic heterocycles. The number of hydrogen-bond donors (Lipinski definition) is 2. The van der Waals surface area contributed by atoms with Gasteiger partial charge in [0.15, 0.2) is 5.78 Å². The quantitative estimate of drug-likeness (QED) is 0.698. The molecular weight excluding hydrogens is 380 g/mol. The molecule has 3 aromatic rings. The normalized spacial score (nSPS) is 18.1. The number of ketones is 1. The Morgan fingerprint density at radius 3 is 2.76 bits per heavy atom. The first-order valence-electron chi connectivity index (χ1n) is 9.53. The summed E-state index contributed by atoms with van der Waals surface area (Å²) in [4.78, 5) is 19.8. The zero-order valence-corrected chi connectivity index (χ0v) is 15.5. The van der Waals surface area contributed by atoms with Crippen molar-refractivity contribution in [2.45, 2.75) is 31.5 Å². The first kappa shape index (κ1) is 18.1. The van der Waals surface area contributed by atoms with Crippen LogP contribution in [0.4, 0.5) is 8.78 Å². The van der Waals surface area contributed by atoms with Gasteiger partial charge in [-0.3, -0.25) is 4.79 Å². The minimum Gasteiger partial charge on any atom is -0.486 e. The molecule has 1 aromatic carbocycles. The fraction of sp³-hybridized carbons (Fsp3) is 0.333. The summed E-state index contributed by atoms with van der Waals surface area (Å²) >= 11 is 0. The molecular formula is C21H19F2N3O3. The standard InChI is InChI=1S/C21H19F2N3O3/c22-20(23)28-18-4-3-13-15(11-25-19(13)26-18)12-1-2-14-16(27)10-21(29-17(14)9-12)5-7-24-8-6-21/h1-4,9,11,20,24H,5-8,10H2,(H,25,26). The molecule has 4 heterocycles. The van der Waals surface area contributed by atoms with E-state index in [9.17, 15) is 13.6 Å². The van der Waals surface area contributed by atoms with Crippen LogP contribution in [-0.4, -0.2) is 41.1 Å². The highest BCUT2D eigenvalue weighted by atomic mass is 19.3. The smallest absolute Gasteiger partial charge is 0.388 e. The topological polar surface area (TPSA) is 76.2 Å². The summed E-state index contributed by atoms with van der Waals surface area (Å²) in [5.41, 5.74) is 2.32. The second-order valence-electron chi connectivity index (χ2n) is 7.47. The highest BCUT2D eigenvalue weighted by Gasteiger charge is 2.41. The highest BCUT2D eigenvalue weighted by molar-refractivity contribution is 6.02. The monoisotopic (exact) mass is 399 g/mol. The molecule has 0 aliphatic carbocycles. The number of ether oxygens (including phenoxy) is 2. The lowest BCUT2D eigenvalue weighted by molar-refractivity contribution is -0.0526. The van der Waals surface area contributed by atoms with Gasteiger partial charge in [-0.1, -0.05) is 6.07 Å². The number of halogens is 2.